The second kappa shape index (κ2) is 6.34. The summed E-state index contributed by atoms with van der Waals surface area (Å²) < 4.78 is 0. The number of fused-ring (bicyclic) bond motifs is 1. The molecule has 2 aromatic heterocycles. The summed E-state index contributed by atoms with van der Waals surface area (Å²) in [5.41, 5.74) is 1.74. The van der Waals surface area contributed by atoms with E-state index >= 15 is 0 Å². The first-order chi connectivity index (χ1) is 10.8. The Morgan fingerprint density at radius 3 is 2.91 bits per heavy atom. The van der Waals surface area contributed by atoms with Crippen LogP contribution < -0.4 is 10.6 Å². The highest BCUT2D eigenvalue weighted by molar-refractivity contribution is 5.91. The number of anilines is 3. The van der Waals surface area contributed by atoms with Gasteiger partial charge in [0, 0.05) is 17.6 Å². The predicted molar refractivity (Wildman–Crippen MR) is 88.2 cm³/mol. The highest BCUT2D eigenvalue weighted by Crippen LogP contribution is 2.23. The zero-order valence-corrected chi connectivity index (χ0v) is 12.6. The van der Waals surface area contributed by atoms with Crippen molar-refractivity contribution < 1.29 is 0 Å². The summed E-state index contributed by atoms with van der Waals surface area (Å²) in [6, 6.07) is 10.2. The molecule has 0 bridgehead atoms. The topological polar surface area (TPSA) is 75.6 Å². The van der Waals surface area contributed by atoms with Crippen molar-refractivity contribution in [2.24, 2.45) is 0 Å². The summed E-state index contributed by atoms with van der Waals surface area (Å²) in [6.45, 7) is 4.22. The number of nitrogens with one attached hydrogen (secondary N) is 2. The highest BCUT2D eigenvalue weighted by Gasteiger charge is 2.06. The Labute approximate surface area is 129 Å². The van der Waals surface area contributed by atoms with Gasteiger partial charge in [0.1, 0.15) is 0 Å². The number of hydrogen-bond donors (Lipinski definition) is 2. The van der Waals surface area contributed by atoms with E-state index in [1.165, 1.54) is 0 Å². The summed E-state index contributed by atoms with van der Waals surface area (Å²) in [5, 5.41) is 15.6. The summed E-state index contributed by atoms with van der Waals surface area (Å²) in [6.07, 6.45) is 4.41. The van der Waals surface area contributed by atoms with E-state index in [9.17, 15) is 0 Å². The van der Waals surface area contributed by atoms with Gasteiger partial charge in [0.15, 0.2) is 5.82 Å². The first-order valence-electron chi connectivity index (χ1n) is 7.33. The van der Waals surface area contributed by atoms with E-state index in [-0.39, 0.29) is 0 Å². The average Bonchev–Trinajstić information content (AvgIpc) is 2.55. The third kappa shape index (κ3) is 3.11. The van der Waals surface area contributed by atoms with Gasteiger partial charge >= 0.3 is 0 Å². The van der Waals surface area contributed by atoms with Gasteiger partial charge in [-0.2, -0.15) is 10.1 Å². The Morgan fingerprint density at radius 2 is 2.05 bits per heavy atom. The second-order valence-corrected chi connectivity index (χ2v) is 5.12. The molecule has 1 aromatic carbocycles. The lowest BCUT2D eigenvalue weighted by molar-refractivity contribution is 0.755. The van der Waals surface area contributed by atoms with Crippen LogP contribution in [0.4, 0.5) is 17.5 Å². The summed E-state index contributed by atoms with van der Waals surface area (Å²) in [5.74, 6) is 1.16. The maximum Gasteiger partial charge on any atom is 0.249 e. The summed E-state index contributed by atoms with van der Waals surface area (Å²) >= 11 is 0. The molecule has 3 aromatic rings. The first-order valence-corrected chi connectivity index (χ1v) is 7.33. The molecule has 0 radical (unpaired) electrons. The Hall–Kier alpha value is -2.76. The quantitative estimate of drug-likeness (QED) is 0.751. The normalized spacial score (nSPS) is 12.1. The lowest BCUT2D eigenvalue weighted by Gasteiger charge is -2.12. The van der Waals surface area contributed by atoms with E-state index in [0.29, 0.717) is 17.8 Å². The number of pyridine rings is 1. The van der Waals surface area contributed by atoms with Crippen molar-refractivity contribution in [2.75, 3.05) is 10.6 Å². The van der Waals surface area contributed by atoms with Crippen LogP contribution in [0.2, 0.25) is 0 Å². The highest BCUT2D eigenvalue weighted by atomic mass is 15.3. The van der Waals surface area contributed by atoms with Crippen molar-refractivity contribution >= 4 is 28.4 Å². The van der Waals surface area contributed by atoms with Crippen LogP contribution in [0.3, 0.4) is 0 Å². The van der Waals surface area contributed by atoms with Crippen LogP contribution in [0.1, 0.15) is 20.3 Å². The zero-order chi connectivity index (χ0) is 15.4. The molecule has 0 fully saturated rings. The minimum Gasteiger partial charge on any atom is -0.366 e. The first kappa shape index (κ1) is 14.2. The molecule has 1 unspecified atom stereocenters. The third-order valence-corrected chi connectivity index (χ3v) is 3.44. The molecule has 1 atom stereocenters. The molecule has 112 valence electrons. The van der Waals surface area contributed by atoms with Gasteiger partial charge in [0.25, 0.3) is 0 Å². The van der Waals surface area contributed by atoms with Crippen LogP contribution >= 0.6 is 0 Å². The molecule has 6 heteroatoms. The molecule has 22 heavy (non-hydrogen) atoms. The molecule has 6 nitrogen and oxygen atoms in total. The molecule has 0 aliphatic carbocycles. The van der Waals surface area contributed by atoms with Crippen molar-refractivity contribution in [3.05, 3.63) is 42.7 Å². The number of aromatic nitrogens is 4. The van der Waals surface area contributed by atoms with E-state index in [1.807, 2.05) is 30.3 Å². The Balaban J connectivity index is 1.87. The lowest BCUT2D eigenvalue weighted by atomic mass is 10.2. The lowest BCUT2D eigenvalue weighted by Crippen LogP contribution is -2.15. The summed E-state index contributed by atoms with van der Waals surface area (Å²) in [4.78, 5) is 8.85. The molecular weight excluding hydrogens is 276 g/mol. The number of rotatable bonds is 5. The van der Waals surface area contributed by atoms with Gasteiger partial charge < -0.3 is 10.6 Å². The monoisotopic (exact) mass is 294 g/mol. The second-order valence-electron chi connectivity index (χ2n) is 5.12. The van der Waals surface area contributed by atoms with Gasteiger partial charge in [0.05, 0.1) is 17.4 Å². The number of benzene rings is 1. The number of para-hydroxylation sites is 1. The van der Waals surface area contributed by atoms with Crippen molar-refractivity contribution in [2.45, 2.75) is 26.3 Å². The van der Waals surface area contributed by atoms with Gasteiger partial charge in [-0.15, -0.1) is 5.10 Å². The minimum atomic E-state index is 0.337. The van der Waals surface area contributed by atoms with E-state index in [1.54, 1.807) is 12.4 Å². The van der Waals surface area contributed by atoms with Gasteiger partial charge in [-0.3, -0.25) is 4.98 Å². The van der Waals surface area contributed by atoms with E-state index < -0.39 is 0 Å². The molecule has 2 N–H and O–H groups in total. The Bertz CT molecular complexity index is 768. The van der Waals surface area contributed by atoms with Crippen molar-refractivity contribution in [3.8, 4) is 0 Å². The SMILES string of the molecule is CCC(C)Nc1cnnc(Nc2cccc3cccnc23)n1. The van der Waals surface area contributed by atoms with E-state index in [0.717, 1.165) is 23.0 Å². The third-order valence-electron chi connectivity index (χ3n) is 3.44. The van der Waals surface area contributed by atoms with Gasteiger partial charge in [0.2, 0.25) is 5.95 Å². The zero-order valence-electron chi connectivity index (χ0n) is 12.6. The maximum absolute atomic E-state index is 4.44. The summed E-state index contributed by atoms with van der Waals surface area (Å²) in [7, 11) is 0. The largest absolute Gasteiger partial charge is 0.366 e. The van der Waals surface area contributed by atoms with Crippen molar-refractivity contribution in [1.82, 2.24) is 20.2 Å². The Kier molecular flexibility index (Phi) is 4.09. The maximum atomic E-state index is 4.44. The Morgan fingerprint density at radius 1 is 1.18 bits per heavy atom. The fourth-order valence-corrected chi connectivity index (χ4v) is 2.11. The number of hydrogen-bond acceptors (Lipinski definition) is 6. The number of nitrogens with zero attached hydrogens (tertiary/aromatic N) is 4. The molecule has 0 aliphatic rings. The fourth-order valence-electron chi connectivity index (χ4n) is 2.11. The smallest absolute Gasteiger partial charge is 0.249 e. The molecular formula is C16H18N6. The fraction of sp³-hybridized carbons (Fsp3) is 0.250. The van der Waals surface area contributed by atoms with E-state index in [2.05, 4.69) is 44.6 Å². The van der Waals surface area contributed by atoms with Crippen LogP contribution in [0.15, 0.2) is 42.7 Å². The van der Waals surface area contributed by atoms with Crippen LogP contribution in [0.25, 0.3) is 10.9 Å². The van der Waals surface area contributed by atoms with Crippen LogP contribution in [-0.4, -0.2) is 26.2 Å². The molecule has 3 rings (SSSR count). The van der Waals surface area contributed by atoms with Crippen LogP contribution in [0, 0.1) is 0 Å². The van der Waals surface area contributed by atoms with Gasteiger partial charge in [-0.05, 0) is 25.5 Å². The standard InChI is InChI=1S/C16H18N6/c1-3-11(2)19-14-10-18-22-16(21-14)20-13-8-4-6-12-7-5-9-17-15(12)13/h4-11H,3H2,1-2H3,(H2,19,20,21,22). The molecule has 0 saturated carbocycles. The average molecular weight is 294 g/mol. The molecule has 0 saturated heterocycles. The van der Waals surface area contributed by atoms with Crippen molar-refractivity contribution in [3.63, 3.8) is 0 Å². The molecule has 0 amide bonds. The van der Waals surface area contributed by atoms with Gasteiger partial charge in [-0.25, -0.2) is 0 Å². The van der Waals surface area contributed by atoms with E-state index in [4.69, 9.17) is 0 Å². The molecule has 0 aliphatic heterocycles. The van der Waals surface area contributed by atoms with Gasteiger partial charge in [-0.1, -0.05) is 25.1 Å². The molecule has 0 spiro atoms. The molecule has 2 heterocycles. The van der Waals surface area contributed by atoms with Crippen LogP contribution in [0.5, 0.6) is 0 Å². The van der Waals surface area contributed by atoms with Crippen molar-refractivity contribution in [1.29, 1.82) is 0 Å². The predicted octanol–water partition coefficient (Wildman–Crippen LogP) is 3.37. The van der Waals surface area contributed by atoms with Crippen LogP contribution in [-0.2, 0) is 0 Å². The minimum absolute atomic E-state index is 0.337.